The molecule has 0 aromatic carbocycles. The summed E-state index contributed by atoms with van der Waals surface area (Å²) in [5.41, 5.74) is 5.85. The molecule has 10 atom stereocenters. The van der Waals surface area contributed by atoms with Gasteiger partial charge < -0.3 is 51.0 Å². The lowest BCUT2D eigenvalue weighted by molar-refractivity contribution is -0.309. The number of aliphatic hydroxyl groups excluding tert-OH is 3. The smallest absolute Gasteiger partial charge is 0.335 e. The summed E-state index contributed by atoms with van der Waals surface area (Å²) in [5.74, 6) is -2.69. The molecule has 2 fully saturated rings. The fourth-order valence-electron chi connectivity index (χ4n) is 3.33. The molecular weight excluding hydrogens is 394 g/mol. The van der Waals surface area contributed by atoms with E-state index in [9.17, 15) is 34.8 Å². The molecule has 2 aliphatic heterocycles. The van der Waals surface area contributed by atoms with Crippen LogP contribution in [0.2, 0.25) is 0 Å². The van der Waals surface area contributed by atoms with Crippen LogP contribution in [0.25, 0.3) is 0 Å². The van der Waals surface area contributed by atoms with Crippen LogP contribution in [-0.4, -0.2) is 99.4 Å². The molecule has 0 unspecified atom stereocenters. The number of rotatable bonds is 5. The van der Waals surface area contributed by atoms with E-state index in [-0.39, 0.29) is 0 Å². The Bertz CT molecular complexity index is 634. The van der Waals surface area contributed by atoms with Gasteiger partial charge >= 0.3 is 5.97 Å². The monoisotopic (exact) mass is 421 g/mol. The Morgan fingerprint density at radius 1 is 0.966 bits per heavy atom. The predicted molar refractivity (Wildman–Crippen MR) is 92.9 cm³/mol. The molecule has 0 aromatic rings. The van der Waals surface area contributed by atoms with Crippen molar-refractivity contribution >= 4 is 17.8 Å². The summed E-state index contributed by atoms with van der Waals surface area (Å²) in [6.07, 6.45) is -10.4. The summed E-state index contributed by atoms with van der Waals surface area (Å²) in [6.45, 7) is 3.87. The Morgan fingerprint density at radius 3 is 2.03 bits per heavy atom. The Kier molecular flexibility index (Phi) is 7.50. The molecule has 0 saturated carbocycles. The standard InChI is InChI=1S/C16H27N3O10/c1-4-7(17)10(22)9(19-6(3)21)16(27-4)29-12-11(23)8(18-5(2)20)15(26)28-13(12)14(24)25/h4,7-13,15-16,22-23,26H,17H2,1-3H3,(H,18,20)(H,19,21)(H,24,25)/t4-,7+,8+,9-,10+,11+,12+,13+,15+,16+/m1/s1. The summed E-state index contributed by atoms with van der Waals surface area (Å²) < 4.78 is 16.2. The number of carbonyl (C=O) groups is 3. The molecule has 29 heavy (non-hydrogen) atoms. The molecule has 0 aromatic heterocycles. The minimum Gasteiger partial charge on any atom is -0.479 e. The number of carbonyl (C=O) groups excluding carboxylic acids is 2. The van der Waals surface area contributed by atoms with Crippen LogP contribution in [0, 0.1) is 0 Å². The normalized spacial score (nSPS) is 42.7. The van der Waals surface area contributed by atoms with E-state index in [0.29, 0.717) is 0 Å². The molecule has 2 amide bonds. The highest BCUT2D eigenvalue weighted by Gasteiger charge is 2.52. The summed E-state index contributed by atoms with van der Waals surface area (Å²) >= 11 is 0. The molecule has 8 N–H and O–H groups in total. The summed E-state index contributed by atoms with van der Waals surface area (Å²) in [6, 6.07) is -3.43. The average molecular weight is 421 g/mol. The number of carboxylic acid groups (broad SMARTS) is 1. The van der Waals surface area contributed by atoms with Crippen molar-refractivity contribution < 1.29 is 49.0 Å². The second-order valence-corrected chi connectivity index (χ2v) is 7.11. The van der Waals surface area contributed by atoms with Crippen LogP contribution in [-0.2, 0) is 28.6 Å². The number of aliphatic carboxylic acids is 1. The molecule has 166 valence electrons. The second-order valence-electron chi connectivity index (χ2n) is 7.11. The van der Waals surface area contributed by atoms with Crippen molar-refractivity contribution in [2.24, 2.45) is 5.73 Å². The van der Waals surface area contributed by atoms with E-state index in [2.05, 4.69) is 10.6 Å². The number of aliphatic hydroxyl groups is 3. The van der Waals surface area contributed by atoms with E-state index in [1.165, 1.54) is 6.92 Å². The molecule has 0 spiro atoms. The van der Waals surface area contributed by atoms with E-state index in [1.54, 1.807) is 6.92 Å². The van der Waals surface area contributed by atoms with Gasteiger partial charge in [0, 0.05) is 13.8 Å². The molecule has 0 bridgehead atoms. The lowest BCUT2D eigenvalue weighted by Gasteiger charge is -2.46. The molecule has 0 radical (unpaired) electrons. The first-order valence-corrected chi connectivity index (χ1v) is 8.97. The van der Waals surface area contributed by atoms with Gasteiger partial charge in [-0.05, 0) is 6.92 Å². The zero-order valence-corrected chi connectivity index (χ0v) is 16.1. The van der Waals surface area contributed by atoms with Gasteiger partial charge in [0.15, 0.2) is 18.7 Å². The largest absolute Gasteiger partial charge is 0.479 e. The molecule has 0 aliphatic carbocycles. The Balaban J connectivity index is 2.30. The van der Waals surface area contributed by atoms with Gasteiger partial charge in [-0.1, -0.05) is 0 Å². The van der Waals surface area contributed by atoms with Crippen molar-refractivity contribution in [2.75, 3.05) is 0 Å². The lowest BCUT2D eigenvalue weighted by Crippen LogP contribution is -2.70. The quantitative estimate of drug-likeness (QED) is 0.227. The highest BCUT2D eigenvalue weighted by Crippen LogP contribution is 2.28. The first kappa shape index (κ1) is 23.4. The fourth-order valence-corrected chi connectivity index (χ4v) is 3.33. The molecule has 2 rings (SSSR count). The summed E-state index contributed by atoms with van der Waals surface area (Å²) in [4.78, 5) is 34.4. The molecular formula is C16H27N3O10. The van der Waals surface area contributed by atoms with Crippen LogP contribution in [0.5, 0.6) is 0 Å². The number of amides is 2. The SMILES string of the molecule is CC(=O)N[C@H]1[C@H](O[C@H]2[C@@H](O)[C@H](NC(C)=O)[C@@H](O)O[C@@H]2C(=O)O)O[C@H](C)[C@H](N)[C@@H]1O. The van der Waals surface area contributed by atoms with Gasteiger partial charge in [-0.3, -0.25) is 9.59 Å². The van der Waals surface area contributed by atoms with Crippen LogP contribution in [0.4, 0.5) is 0 Å². The van der Waals surface area contributed by atoms with Crippen LogP contribution < -0.4 is 16.4 Å². The van der Waals surface area contributed by atoms with Gasteiger partial charge in [0.1, 0.15) is 24.3 Å². The predicted octanol–water partition coefficient (Wildman–Crippen LogP) is -4.02. The topological polar surface area (TPSA) is 210 Å². The molecule has 13 nitrogen and oxygen atoms in total. The maximum Gasteiger partial charge on any atom is 0.335 e. The first-order chi connectivity index (χ1) is 13.4. The third kappa shape index (κ3) is 5.19. The van der Waals surface area contributed by atoms with E-state index >= 15 is 0 Å². The lowest BCUT2D eigenvalue weighted by atomic mass is 9.94. The molecule has 2 saturated heterocycles. The highest BCUT2D eigenvalue weighted by molar-refractivity contribution is 5.75. The second kappa shape index (κ2) is 9.30. The van der Waals surface area contributed by atoms with E-state index < -0.39 is 79.0 Å². The van der Waals surface area contributed by atoms with Crippen LogP contribution in [0.3, 0.4) is 0 Å². The third-order valence-electron chi connectivity index (χ3n) is 4.82. The van der Waals surface area contributed by atoms with Crippen molar-refractivity contribution in [3.8, 4) is 0 Å². The van der Waals surface area contributed by atoms with Gasteiger partial charge in [-0.25, -0.2) is 4.79 Å². The Morgan fingerprint density at radius 2 is 1.52 bits per heavy atom. The number of nitrogens with one attached hydrogen (secondary N) is 2. The summed E-state index contributed by atoms with van der Waals surface area (Å²) in [5, 5.41) is 45.0. The van der Waals surface area contributed by atoms with Crippen LogP contribution in [0.15, 0.2) is 0 Å². The first-order valence-electron chi connectivity index (χ1n) is 8.97. The Labute approximate surface area is 166 Å². The number of hydrogen-bond donors (Lipinski definition) is 7. The zero-order valence-electron chi connectivity index (χ0n) is 16.1. The molecule has 13 heteroatoms. The third-order valence-corrected chi connectivity index (χ3v) is 4.82. The van der Waals surface area contributed by atoms with Gasteiger partial charge in [0.2, 0.25) is 11.8 Å². The maximum atomic E-state index is 11.6. The Hall–Kier alpha value is -1.87. The molecule has 2 aliphatic rings. The van der Waals surface area contributed by atoms with Gasteiger partial charge in [0.25, 0.3) is 0 Å². The highest BCUT2D eigenvalue weighted by atomic mass is 16.7. The number of ether oxygens (including phenoxy) is 3. The number of carboxylic acids is 1. The number of hydrogen-bond acceptors (Lipinski definition) is 10. The molecule has 2 heterocycles. The number of nitrogens with two attached hydrogens (primary N) is 1. The van der Waals surface area contributed by atoms with Crippen molar-refractivity contribution in [1.82, 2.24) is 10.6 Å². The minimum absolute atomic E-state index is 0.533. The van der Waals surface area contributed by atoms with Crippen LogP contribution in [0.1, 0.15) is 20.8 Å². The maximum absolute atomic E-state index is 11.6. The van der Waals surface area contributed by atoms with E-state index in [1.807, 2.05) is 0 Å². The van der Waals surface area contributed by atoms with E-state index in [4.69, 9.17) is 19.9 Å². The van der Waals surface area contributed by atoms with E-state index in [0.717, 1.165) is 6.92 Å². The van der Waals surface area contributed by atoms with Gasteiger partial charge in [-0.15, -0.1) is 0 Å². The van der Waals surface area contributed by atoms with Crippen molar-refractivity contribution in [3.63, 3.8) is 0 Å². The van der Waals surface area contributed by atoms with Crippen molar-refractivity contribution in [3.05, 3.63) is 0 Å². The van der Waals surface area contributed by atoms with Crippen molar-refractivity contribution in [1.29, 1.82) is 0 Å². The van der Waals surface area contributed by atoms with Crippen molar-refractivity contribution in [2.45, 2.75) is 82.0 Å². The minimum atomic E-state index is -1.82. The van der Waals surface area contributed by atoms with Gasteiger partial charge in [-0.2, -0.15) is 0 Å². The fraction of sp³-hybridized carbons (Fsp3) is 0.812. The zero-order chi connectivity index (χ0) is 22.0. The average Bonchev–Trinajstić information content (AvgIpc) is 2.61. The summed E-state index contributed by atoms with van der Waals surface area (Å²) in [7, 11) is 0. The van der Waals surface area contributed by atoms with Crippen LogP contribution >= 0.6 is 0 Å². The van der Waals surface area contributed by atoms with Gasteiger partial charge in [0.05, 0.1) is 18.2 Å².